The Morgan fingerprint density at radius 2 is 2.05 bits per heavy atom. The fraction of sp³-hybridized carbons (Fsp3) is 0.188. The maximum Gasteiger partial charge on any atom is 0.262 e. The highest BCUT2D eigenvalue weighted by molar-refractivity contribution is 7.92. The van der Waals surface area contributed by atoms with E-state index in [9.17, 15) is 8.42 Å². The van der Waals surface area contributed by atoms with Crippen LogP contribution in [0.3, 0.4) is 0 Å². The molecule has 1 N–H and O–H groups in total. The van der Waals surface area contributed by atoms with Gasteiger partial charge in [0.05, 0.1) is 10.6 Å². The van der Waals surface area contributed by atoms with Gasteiger partial charge in [-0.2, -0.15) is 0 Å². The minimum Gasteiger partial charge on any atom is -0.443 e. The molecule has 22 heavy (non-hydrogen) atoms. The summed E-state index contributed by atoms with van der Waals surface area (Å²) in [7, 11) is -3.68. The number of nitrogens with one attached hydrogen (secondary N) is 1. The number of nitrogens with zero attached hydrogens (tertiary/aromatic N) is 1. The Hall–Kier alpha value is -2.34. The van der Waals surface area contributed by atoms with Crippen LogP contribution in [0.1, 0.15) is 18.1 Å². The summed E-state index contributed by atoms with van der Waals surface area (Å²) >= 11 is 0. The average Bonchev–Trinajstić information content (AvgIpc) is 2.96. The van der Waals surface area contributed by atoms with Crippen LogP contribution in [0.4, 0.5) is 5.69 Å². The van der Waals surface area contributed by atoms with Crippen molar-refractivity contribution in [3.05, 3.63) is 53.9 Å². The van der Waals surface area contributed by atoms with Crippen molar-refractivity contribution in [2.75, 3.05) is 4.72 Å². The van der Waals surface area contributed by atoms with E-state index in [1.165, 1.54) is 18.5 Å². The zero-order chi connectivity index (χ0) is 15.7. The summed E-state index contributed by atoms with van der Waals surface area (Å²) < 4.78 is 33.1. The molecule has 0 bridgehead atoms. The smallest absolute Gasteiger partial charge is 0.262 e. The predicted octanol–water partition coefficient (Wildman–Crippen LogP) is 3.50. The lowest BCUT2D eigenvalue weighted by molar-refractivity contribution is 0.594. The molecule has 0 atom stereocenters. The van der Waals surface area contributed by atoms with Gasteiger partial charge in [-0.05, 0) is 36.6 Å². The van der Waals surface area contributed by atoms with Crippen LogP contribution in [0.2, 0.25) is 0 Å². The molecule has 114 valence electrons. The van der Waals surface area contributed by atoms with Crippen molar-refractivity contribution in [1.29, 1.82) is 0 Å². The molecule has 0 saturated carbocycles. The summed E-state index contributed by atoms with van der Waals surface area (Å²) in [6.45, 7) is 3.88. The van der Waals surface area contributed by atoms with Crippen LogP contribution in [0, 0.1) is 6.92 Å². The van der Waals surface area contributed by atoms with E-state index >= 15 is 0 Å². The van der Waals surface area contributed by atoms with Gasteiger partial charge in [-0.1, -0.05) is 25.1 Å². The molecule has 0 aliphatic carbocycles. The number of benzene rings is 2. The van der Waals surface area contributed by atoms with E-state index in [0.717, 1.165) is 17.5 Å². The number of sulfonamides is 1. The van der Waals surface area contributed by atoms with Crippen molar-refractivity contribution < 1.29 is 12.8 Å². The highest BCUT2D eigenvalue weighted by Crippen LogP contribution is 2.25. The van der Waals surface area contributed by atoms with Crippen LogP contribution in [0.15, 0.2) is 52.1 Å². The van der Waals surface area contributed by atoms with E-state index in [0.29, 0.717) is 16.8 Å². The van der Waals surface area contributed by atoms with Crippen molar-refractivity contribution >= 4 is 26.8 Å². The van der Waals surface area contributed by atoms with Gasteiger partial charge in [0.2, 0.25) is 0 Å². The summed E-state index contributed by atoms with van der Waals surface area (Å²) in [5.41, 5.74) is 3.57. The Balaban J connectivity index is 2.03. The second-order valence-electron chi connectivity index (χ2n) is 5.05. The maximum atomic E-state index is 12.6. The van der Waals surface area contributed by atoms with Crippen LogP contribution >= 0.6 is 0 Å². The molecule has 0 amide bonds. The SMILES string of the molecule is CCc1cccc(C)c1NS(=O)(=O)c1ccc2ncoc2c1. The van der Waals surface area contributed by atoms with Crippen molar-refractivity contribution in [3.8, 4) is 0 Å². The number of anilines is 1. The second-order valence-corrected chi connectivity index (χ2v) is 6.73. The average molecular weight is 316 g/mol. The van der Waals surface area contributed by atoms with Crippen LogP contribution in [0.25, 0.3) is 11.1 Å². The fourth-order valence-electron chi connectivity index (χ4n) is 2.37. The van der Waals surface area contributed by atoms with Crippen molar-refractivity contribution in [2.24, 2.45) is 0 Å². The molecule has 0 unspecified atom stereocenters. The minimum absolute atomic E-state index is 0.155. The molecule has 0 saturated heterocycles. The lowest BCUT2D eigenvalue weighted by Crippen LogP contribution is -2.15. The zero-order valence-corrected chi connectivity index (χ0v) is 13.1. The minimum atomic E-state index is -3.68. The summed E-state index contributed by atoms with van der Waals surface area (Å²) in [5.74, 6) is 0. The third kappa shape index (κ3) is 2.57. The van der Waals surface area contributed by atoms with Gasteiger partial charge in [-0.3, -0.25) is 4.72 Å². The number of aromatic nitrogens is 1. The Bertz CT molecular complexity index is 929. The largest absolute Gasteiger partial charge is 0.443 e. The number of hydrogen-bond donors (Lipinski definition) is 1. The van der Waals surface area contributed by atoms with Gasteiger partial charge in [-0.25, -0.2) is 13.4 Å². The molecule has 0 spiro atoms. The molecule has 0 aliphatic heterocycles. The molecule has 1 heterocycles. The second kappa shape index (κ2) is 5.46. The number of hydrogen-bond acceptors (Lipinski definition) is 4. The van der Waals surface area contributed by atoms with Crippen LogP contribution < -0.4 is 4.72 Å². The molecule has 3 aromatic rings. The van der Waals surface area contributed by atoms with Crippen LogP contribution in [-0.2, 0) is 16.4 Å². The third-order valence-corrected chi connectivity index (χ3v) is 4.94. The van der Waals surface area contributed by atoms with E-state index in [2.05, 4.69) is 9.71 Å². The van der Waals surface area contributed by atoms with Gasteiger partial charge in [-0.15, -0.1) is 0 Å². The third-order valence-electron chi connectivity index (χ3n) is 3.59. The Labute approximate surface area is 129 Å². The molecular formula is C16H16N2O3S. The standard InChI is InChI=1S/C16H16N2O3S/c1-3-12-6-4-5-11(2)16(12)18-22(19,20)13-7-8-14-15(9-13)21-10-17-14/h4-10,18H,3H2,1-2H3. The van der Waals surface area contributed by atoms with Gasteiger partial charge < -0.3 is 4.42 Å². The van der Waals surface area contributed by atoms with E-state index in [1.54, 1.807) is 6.07 Å². The highest BCUT2D eigenvalue weighted by atomic mass is 32.2. The van der Waals surface area contributed by atoms with Gasteiger partial charge in [0.1, 0.15) is 5.52 Å². The summed E-state index contributed by atoms with van der Waals surface area (Å²) in [5, 5.41) is 0. The lowest BCUT2D eigenvalue weighted by atomic mass is 10.1. The topological polar surface area (TPSA) is 72.2 Å². The van der Waals surface area contributed by atoms with Crippen molar-refractivity contribution in [2.45, 2.75) is 25.2 Å². The zero-order valence-electron chi connectivity index (χ0n) is 12.3. The lowest BCUT2D eigenvalue weighted by Gasteiger charge is -2.14. The maximum absolute atomic E-state index is 12.6. The molecule has 5 nitrogen and oxygen atoms in total. The first-order valence-electron chi connectivity index (χ1n) is 6.96. The molecule has 6 heteroatoms. The first kappa shape index (κ1) is 14.6. The van der Waals surface area contributed by atoms with E-state index in [1.807, 2.05) is 32.0 Å². The Kier molecular flexibility index (Phi) is 3.62. The monoisotopic (exact) mass is 316 g/mol. The number of aryl methyl sites for hydroxylation is 2. The first-order chi connectivity index (χ1) is 10.5. The highest BCUT2D eigenvalue weighted by Gasteiger charge is 2.18. The number of para-hydroxylation sites is 1. The number of fused-ring (bicyclic) bond motifs is 1. The molecule has 2 aromatic carbocycles. The van der Waals surface area contributed by atoms with Crippen molar-refractivity contribution in [1.82, 2.24) is 4.98 Å². The van der Waals surface area contributed by atoms with Crippen molar-refractivity contribution in [3.63, 3.8) is 0 Å². The van der Waals surface area contributed by atoms with E-state index < -0.39 is 10.0 Å². The van der Waals surface area contributed by atoms with Gasteiger partial charge >= 0.3 is 0 Å². The molecule has 0 radical (unpaired) electrons. The van der Waals surface area contributed by atoms with E-state index in [4.69, 9.17) is 4.42 Å². The summed E-state index contributed by atoms with van der Waals surface area (Å²) in [6.07, 6.45) is 2.05. The van der Waals surface area contributed by atoms with Gasteiger partial charge in [0.25, 0.3) is 10.0 Å². The number of oxazole rings is 1. The molecule has 3 rings (SSSR count). The first-order valence-corrected chi connectivity index (χ1v) is 8.44. The fourth-order valence-corrected chi connectivity index (χ4v) is 3.55. The predicted molar refractivity (Wildman–Crippen MR) is 85.4 cm³/mol. The number of rotatable bonds is 4. The quantitative estimate of drug-likeness (QED) is 0.799. The molecule has 1 aromatic heterocycles. The molecule has 0 aliphatic rings. The summed E-state index contributed by atoms with van der Waals surface area (Å²) in [6, 6.07) is 10.4. The molecular weight excluding hydrogens is 300 g/mol. The Morgan fingerprint density at radius 1 is 1.23 bits per heavy atom. The molecule has 0 fully saturated rings. The Morgan fingerprint density at radius 3 is 2.82 bits per heavy atom. The normalized spacial score (nSPS) is 11.7. The van der Waals surface area contributed by atoms with Crippen LogP contribution in [-0.4, -0.2) is 13.4 Å². The van der Waals surface area contributed by atoms with Crippen LogP contribution in [0.5, 0.6) is 0 Å². The summed E-state index contributed by atoms with van der Waals surface area (Å²) in [4.78, 5) is 4.14. The van der Waals surface area contributed by atoms with E-state index in [-0.39, 0.29) is 4.90 Å². The van der Waals surface area contributed by atoms with Gasteiger partial charge in [0.15, 0.2) is 12.0 Å². The van der Waals surface area contributed by atoms with Gasteiger partial charge in [0, 0.05) is 6.07 Å².